The lowest BCUT2D eigenvalue weighted by Gasteiger charge is -2.36. The molecule has 2 rings (SSSR count). The van der Waals surface area contributed by atoms with E-state index >= 15 is 0 Å². The summed E-state index contributed by atoms with van der Waals surface area (Å²) < 4.78 is 4.68. The minimum absolute atomic E-state index is 0.0273. The van der Waals surface area contributed by atoms with Crippen molar-refractivity contribution in [1.82, 2.24) is 9.69 Å². The number of amides is 1. The zero-order valence-electron chi connectivity index (χ0n) is 10.3. The molecule has 0 unspecified atom stereocenters. The molecule has 1 heterocycles. The van der Waals surface area contributed by atoms with E-state index in [-0.39, 0.29) is 12.3 Å². The molecule has 1 aromatic rings. The van der Waals surface area contributed by atoms with Crippen LogP contribution in [-0.4, -0.2) is 26.9 Å². The second kappa shape index (κ2) is 6.00. The van der Waals surface area contributed by atoms with Gasteiger partial charge >= 0.3 is 5.97 Å². The first kappa shape index (κ1) is 14.5. The molecular weight excluding hydrogens is 332 g/mol. The molecule has 0 bridgehead atoms. The minimum Gasteiger partial charge on any atom is -0.481 e. The van der Waals surface area contributed by atoms with Crippen LogP contribution < -0.4 is 5.32 Å². The number of aromatic nitrogens is 1. The molecule has 0 atom stereocenters. The summed E-state index contributed by atoms with van der Waals surface area (Å²) >= 11 is 4.47. The summed E-state index contributed by atoms with van der Waals surface area (Å²) in [7, 11) is 0. The molecule has 104 valence electrons. The van der Waals surface area contributed by atoms with E-state index in [1.165, 1.54) is 11.5 Å². The van der Waals surface area contributed by atoms with Crippen molar-refractivity contribution < 1.29 is 14.7 Å². The van der Waals surface area contributed by atoms with E-state index in [1.807, 2.05) is 0 Å². The average Bonchev–Trinajstić information content (AvgIpc) is 2.75. The molecule has 19 heavy (non-hydrogen) atoms. The van der Waals surface area contributed by atoms with Crippen LogP contribution in [0, 0.1) is 0 Å². The van der Waals surface area contributed by atoms with E-state index in [2.05, 4.69) is 25.6 Å². The monoisotopic (exact) mass is 346 g/mol. The highest BCUT2D eigenvalue weighted by Gasteiger charge is 2.36. The van der Waals surface area contributed by atoms with E-state index < -0.39 is 11.5 Å². The van der Waals surface area contributed by atoms with Crippen LogP contribution in [0.25, 0.3) is 0 Å². The number of carbonyl (C=O) groups excluding carboxylic acids is 1. The van der Waals surface area contributed by atoms with Crippen molar-refractivity contribution in [2.75, 3.05) is 0 Å². The van der Waals surface area contributed by atoms with Gasteiger partial charge in [0.15, 0.2) is 5.69 Å². The van der Waals surface area contributed by atoms with Crippen LogP contribution in [0.3, 0.4) is 0 Å². The Morgan fingerprint density at radius 3 is 2.63 bits per heavy atom. The summed E-state index contributed by atoms with van der Waals surface area (Å²) in [4.78, 5) is 23.2. The molecule has 1 aliphatic rings. The molecule has 0 radical (unpaired) electrons. The Morgan fingerprint density at radius 2 is 2.11 bits per heavy atom. The molecule has 5 nitrogen and oxygen atoms in total. The highest BCUT2D eigenvalue weighted by Crippen LogP contribution is 2.32. The summed E-state index contributed by atoms with van der Waals surface area (Å²) in [6, 6.07) is 0. The van der Waals surface area contributed by atoms with Crippen LogP contribution in [-0.2, 0) is 4.79 Å². The molecule has 0 saturated heterocycles. The molecule has 1 saturated carbocycles. The number of aliphatic carboxylic acids is 1. The summed E-state index contributed by atoms with van der Waals surface area (Å²) in [5.41, 5.74) is -0.287. The third-order valence-electron chi connectivity index (χ3n) is 3.42. The second-order valence-electron chi connectivity index (χ2n) is 4.88. The quantitative estimate of drug-likeness (QED) is 0.878. The van der Waals surface area contributed by atoms with E-state index in [9.17, 15) is 9.59 Å². The fourth-order valence-electron chi connectivity index (χ4n) is 2.54. The van der Waals surface area contributed by atoms with Crippen LogP contribution in [0.4, 0.5) is 0 Å². The van der Waals surface area contributed by atoms with Gasteiger partial charge in [-0.05, 0) is 40.3 Å². The number of carboxylic acids is 1. The van der Waals surface area contributed by atoms with Gasteiger partial charge in [-0.1, -0.05) is 19.3 Å². The molecule has 7 heteroatoms. The molecule has 1 fully saturated rings. The fourth-order valence-corrected chi connectivity index (χ4v) is 3.72. The number of halogens is 1. The maximum Gasteiger partial charge on any atom is 0.305 e. The van der Waals surface area contributed by atoms with Crippen molar-refractivity contribution in [3.05, 3.63) is 15.5 Å². The first-order valence-corrected chi connectivity index (χ1v) is 7.80. The average molecular weight is 347 g/mol. The molecule has 0 spiro atoms. The van der Waals surface area contributed by atoms with Gasteiger partial charge in [-0.2, -0.15) is 4.37 Å². The van der Waals surface area contributed by atoms with Gasteiger partial charge in [-0.15, -0.1) is 0 Å². The van der Waals surface area contributed by atoms with Crippen molar-refractivity contribution >= 4 is 39.3 Å². The number of rotatable bonds is 4. The van der Waals surface area contributed by atoms with E-state index in [1.54, 1.807) is 5.38 Å². The zero-order valence-corrected chi connectivity index (χ0v) is 12.7. The first-order chi connectivity index (χ1) is 9.02. The smallest absolute Gasteiger partial charge is 0.305 e. The lowest BCUT2D eigenvalue weighted by molar-refractivity contribution is -0.139. The molecule has 0 aromatic carbocycles. The molecule has 1 aliphatic carbocycles. The highest BCUT2D eigenvalue weighted by molar-refractivity contribution is 9.10. The van der Waals surface area contributed by atoms with Gasteiger partial charge in [0, 0.05) is 5.38 Å². The predicted octanol–water partition coefficient (Wildman–Crippen LogP) is 2.81. The molecule has 1 aromatic heterocycles. The minimum atomic E-state index is -0.875. The molecular formula is C12H15BrN2O3S. The number of hydrogen-bond acceptors (Lipinski definition) is 4. The Hall–Kier alpha value is -0.950. The van der Waals surface area contributed by atoms with Crippen LogP contribution in [0.15, 0.2) is 9.85 Å². The highest BCUT2D eigenvalue weighted by atomic mass is 79.9. The van der Waals surface area contributed by atoms with Gasteiger partial charge in [-0.25, -0.2) is 0 Å². The summed E-state index contributed by atoms with van der Waals surface area (Å²) in [6.07, 6.45) is 4.40. The van der Waals surface area contributed by atoms with E-state index in [0.717, 1.165) is 19.3 Å². The lowest BCUT2D eigenvalue weighted by Crippen LogP contribution is -2.51. The summed E-state index contributed by atoms with van der Waals surface area (Å²) in [5, 5.41) is 13.7. The third-order valence-corrected chi connectivity index (χ3v) is 4.96. The summed E-state index contributed by atoms with van der Waals surface area (Å²) in [6.45, 7) is 0. The van der Waals surface area contributed by atoms with E-state index in [0.29, 0.717) is 23.0 Å². The Bertz CT molecular complexity index is 483. The Balaban J connectivity index is 2.14. The molecule has 1 amide bonds. The van der Waals surface area contributed by atoms with Gasteiger partial charge in [0.1, 0.15) is 0 Å². The lowest BCUT2D eigenvalue weighted by atomic mass is 9.79. The number of nitrogens with zero attached hydrogens (tertiary/aromatic N) is 1. The topological polar surface area (TPSA) is 79.3 Å². The van der Waals surface area contributed by atoms with Crippen molar-refractivity contribution in [1.29, 1.82) is 0 Å². The molecule has 0 aliphatic heterocycles. The van der Waals surface area contributed by atoms with Crippen LogP contribution >= 0.6 is 27.5 Å². The van der Waals surface area contributed by atoms with Gasteiger partial charge in [0.2, 0.25) is 0 Å². The largest absolute Gasteiger partial charge is 0.481 e. The second-order valence-corrected chi connectivity index (χ2v) is 6.36. The zero-order chi connectivity index (χ0) is 13.9. The third kappa shape index (κ3) is 3.54. The van der Waals surface area contributed by atoms with Crippen LogP contribution in [0.5, 0.6) is 0 Å². The van der Waals surface area contributed by atoms with Crippen LogP contribution in [0.1, 0.15) is 49.0 Å². The number of carbonyl (C=O) groups is 2. The van der Waals surface area contributed by atoms with Gasteiger partial charge in [0.05, 0.1) is 16.4 Å². The normalized spacial score (nSPS) is 17.9. The first-order valence-electron chi connectivity index (χ1n) is 6.17. The molecule has 2 N–H and O–H groups in total. The fraction of sp³-hybridized carbons (Fsp3) is 0.583. The Labute approximate surface area is 123 Å². The van der Waals surface area contributed by atoms with Crippen molar-refractivity contribution in [2.45, 2.75) is 44.1 Å². The summed E-state index contributed by atoms with van der Waals surface area (Å²) in [5.74, 6) is -1.17. The van der Waals surface area contributed by atoms with E-state index in [4.69, 9.17) is 5.11 Å². The SMILES string of the molecule is O=C(O)CC1(NC(=O)c2nscc2Br)CCCCC1. The van der Waals surface area contributed by atoms with Gasteiger partial charge in [0.25, 0.3) is 5.91 Å². The maximum absolute atomic E-state index is 12.2. The van der Waals surface area contributed by atoms with Crippen molar-refractivity contribution in [3.63, 3.8) is 0 Å². The Morgan fingerprint density at radius 1 is 1.42 bits per heavy atom. The maximum atomic E-state index is 12.2. The van der Waals surface area contributed by atoms with Gasteiger partial charge in [-0.3, -0.25) is 9.59 Å². The number of carboxylic acid groups (broad SMARTS) is 1. The van der Waals surface area contributed by atoms with Crippen LogP contribution in [0.2, 0.25) is 0 Å². The number of nitrogens with one attached hydrogen (secondary N) is 1. The van der Waals surface area contributed by atoms with Crippen molar-refractivity contribution in [3.8, 4) is 0 Å². The standard InChI is InChI=1S/C12H15BrN2O3S/c13-8-7-19-15-10(8)11(18)14-12(6-9(16)17)4-2-1-3-5-12/h7H,1-6H2,(H,14,18)(H,16,17). The predicted molar refractivity (Wildman–Crippen MR) is 75.3 cm³/mol. The number of hydrogen-bond donors (Lipinski definition) is 2. The van der Waals surface area contributed by atoms with Gasteiger partial charge < -0.3 is 10.4 Å². The van der Waals surface area contributed by atoms with Crippen molar-refractivity contribution in [2.24, 2.45) is 0 Å². The Kier molecular flexibility index (Phi) is 4.57.